The van der Waals surface area contributed by atoms with E-state index < -0.39 is 17.4 Å². The van der Waals surface area contributed by atoms with Crippen molar-refractivity contribution in [3.8, 4) is 0 Å². The van der Waals surface area contributed by atoms with Crippen LogP contribution in [0, 0.1) is 11.7 Å². The van der Waals surface area contributed by atoms with Crippen molar-refractivity contribution in [3.63, 3.8) is 0 Å². The molecular formula is C12H12ClFO2. The van der Waals surface area contributed by atoms with Crippen molar-refractivity contribution in [3.05, 3.63) is 34.6 Å². The van der Waals surface area contributed by atoms with E-state index in [2.05, 4.69) is 0 Å². The Labute approximate surface area is 98.4 Å². The second-order valence-electron chi connectivity index (χ2n) is 3.98. The summed E-state index contributed by atoms with van der Waals surface area (Å²) in [5, 5.41) is -0.150. The van der Waals surface area contributed by atoms with Crippen LogP contribution in [0.5, 0.6) is 0 Å². The molecule has 16 heavy (non-hydrogen) atoms. The molecule has 0 spiro atoms. The lowest BCUT2D eigenvalue weighted by Gasteiger charge is -2.03. The summed E-state index contributed by atoms with van der Waals surface area (Å²) in [4.78, 5) is 23.1. The van der Waals surface area contributed by atoms with Crippen molar-refractivity contribution in [2.45, 2.75) is 20.3 Å². The van der Waals surface area contributed by atoms with Gasteiger partial charge < -0.3 is 0 Å². The number of carbonyl (C=O) groups excluding carboxylic acids is 2. The predicted molar refractivity (Wildman–Crippen MR) is 60.2 cm³/mol. The average Bonchev–Trinajstić information content (AvgIpc) is 2.20. The fourth-order valence-corrected chi connectivity index (χ4v) is 1.44. The van der Waals surface area contributed by atoms with Gasteiger partial charge in [-0.25, -0.2) is 4.39 Å². The number of ketones is 2. The molecule has 1 rings (SSSR count). The summed E-state index contributed by atoms with van der Waals surface area (Å²) in [6.45, 7) is 3.70. The highest BCUT2D eigenvalue weighted by Gasteiger charge is 2.18. The second kappa shape index (κ2) is 5.21. The zero-order valence-corrected chi connectivity index (χ0v) is 9.84. The number of hydrogen-bond acceptors (Lipinski definition) is 2. The first-order valence-corrected chi connectivity index (χ1v) is 5.32. The Morgan fingerprint density at radius 2 is 2.00 bits per heavy atom. The van der Waals surface area contributed by atoms with Gasteiger partial charge in [0.15, 0.2) is 0 Å². The molecule has 0 aliphatic heterocycles. The molecule has 4 heteroatoms. The molecule has 2 nitrogen and oxygen atoms in total. The van der Waals surface area contributed by atoms with Crippen LogP contribution >= 0.6 is 11.6 Å². The van der Waals surface area contributed by atoms with Crippen molar-refractivity contribution in [2.24, 2.45) is 5.92 Å². The summed E-state index contributed by atoms with van der Waals surface area (Å²) in [5.41, 5.74) is 0.136. The largest absolute Gasteiger partial charge is 0.290 e. The van der Waals surface area contributed by atoms with Gasteiger partial charge in [-0.1, -0.05) is 25.4 Å². The number of halogens is 2. The van der Waals surface area contributed by atoms with Crippen LogP contribution in [0.3, 0.4) is 0 Å². The monoisotopic (exact) mass is 242 g/mol. The summed E-state index contributed by atoms with van der Waals surface area (Å²) in [6.07, 6.45) is 0.188. The summed E-state index contributed by atoms with van der Waals surface area (Å²) >= 11 is 5.53. The molecule has 86 valence electrons. The Hall–Kier alpha value is -1.22. The smallest absolute Gasteiger partial charge is 0.228 e. The van der Waals surface area contributed by atoms with E-state index in [1.165, 1.54) is 12.1 Å². The van der Waals surface area contributed by atoms with Crippen LogP contribution < -0.4 is 0 Å². The molecule has 0 heterocycles. The van der Waals surface area contributed by atoms with Crippen molar-refractivity contribution < 1.29 is 14.0 Å². The summed E-state index contributed by atoms with van der Waals surface area (Å²) in [7, 11) is 0. The van der Waals surface area contributed by atoms with E-state index in [9.17, 15) is 14.0 Å². The normalized spacial score (nSPS) is 10.6. The Morgan fingerprint density at radius 3 is 2.50 bits per heavy atom. The minimum atomic E-state index is -0.615. The van der Waals surface area contributed by atoms with Crippen LogP contribution in [0.4, 0.5) is 4.39 Å². The zero-order valence-electron chi connectivity index (χ0n) is 9.09. The van der Waals surface area contributed by atoms with E-state index in [1.54, 1.807) is 0 Å². The molecule has 0 N–H and O–H groups in total. The van der Waals surface area contributed by atoms with Gasteiger partial charge in [-0.05, 0) is 24.1 Å². The van der Waals surface area contributed by atoms with Gasteiger partial charge in [0.05, 0.1) is 5.02 Å². The number of rotatable bonds is 4. The van der Waals surface area contributed by atoms with Gasteiger partial charge in [0.25, 0.3) is 0 Å². The van der Waals surface area contributed by atoms with Crippen molar-refractivity contribution in [1.82, 2.24) is 0 Å². The molecule has 0 saturated carbocycles. The Kier molecular flexibility index (Phi) is 4.19. The minimum Gasteiger partial charge on any atom is -0.290 e. The zero-order chi connectivity index (χ0) is 12.3. The molecule has 0 radical (unpaired) electrons. The van der Waals surface area contributed by atoms with Crippen LogP contribution in [-0.4, -0.2) is 11.6 Å². The molecule has 0 bridgehead atoms. The third-order valence-corrected chi connectivity index (χ3v) is 2.32. The van der Waals surface area contributed by atoms with Crippen LogP contribution in [0.15, 0.2) is 18.2 Å². The van der Waals surface area contributed by atoms with Crippen LogP contribution in [0.2, 0.25) is 5.02 Å². The van der Waals surface area contributed by atoms with E-state index in [-0.39, 0.29) is 22.9 Å². The third-order valence-electron chi connectivity index (χ3n) is 2.03. The Morgan fingerprint density at radius 1 is 1.38 bits per heavy atom. The van der Waals surface area contributed by atoms with E-state index in [1.807, 2.05) is 13.8 Å². The first kappa shape index (κ1) is 12.8. The topological polar surface area (TPSA) is 34.1 Å². The van der Waals surface area contributed by atoms with E-state index in [0.717, 1.165) is 6.07 Å². The summed E-state index contributed by atoms with van der Waals surface area (Å²) < 4.78 is 12.8. The van der Waals surface area contributed by atoms with Gasteiger partial charge in [0.1, 0.15) is 5.82 Å². The Bertz CT molecular complexity index is 427. The van der Waals surface area contributed by atoms with Crippen molar-refractivity contribution >= 4 is 23.2 Å². The fourth-order valence-electron chi connectivity index (χ4n) is 1.26. The fraction of sp³-hybridized carbons (Fsp3) is 0.333. The van der Waals surface area contributed by atoms with E-state index in [0.29, 0.717) is 0 Å². The number of hydrogen-bond donors (Lipinski definition) is 0. The van der Waals surface area contributed by atoms with Gasteiger partial charge >= 0.3 is 0 Å². The van der Waals surface area contributed by atoms with Gasteiger partial charge in [-0.2, -0.15) is 0 Å². The third kappa shape index (κ3) is 3.14. The molecule has 0 unspecified atom stereocenters. The van der Waals surface area contributed by atoms with Crippen LogP contribution in [0.1, 0.15) is 30.6 Å². The lowest BCUT2D eigenvalue weighted by atomic mass is 10.00. The molecule has 0 amide bonds. The highest BCUT2D eigenvalue weighted by Crippen LogP contribution is 2.17. The van der Waals surface area contributed by atoms with E-state index in [4.69, 9.17) is 11.6 Å². The predicted octanol–water partition coefficient (Wildman–Crippen LogP) is 3.28. The highest BCUT2D eigenvalue weighted by atomic mass is 35.5. The van der Waals surface area contributed by atoms with Crippen molar-refractivity contribution in [2.75, 3.05) is 0 Å². The maximum atomic E-state index is 12.8. The average molecular weight is 243 g/mol. The second-order valence-corrected chi connectivity index (χ2v) is 4.39. The molecule has 1 aromatic rings. The number of carbonyl (C=O) groups is 2. The molecule has 0 atom stereocenters. The lowest BCUT2D eigenvalue weighted by Crippen LogP contribution is -2.16. The van der Waals surface area contributed by atoms with Gasteiger partial charge in [-0.15, -0.1) is 0 Å². The van der Waals surface area contributed by atoms with Gasteiger partial charge in [-0.3, -0.25) is 9.59 Å². The van der Waals surface area contributed by atoms with Gasteiger partial charge in [0, 0.05) is 12.0 Å². The molecule has 1 aromatic carbocycles. The molecule has 0 saturated heterocycles. The van der Waals surface area contributed by atoms with Crippen LogP contribution in [-0.2, 0) is 4.79 Å². The minimum absolute atomic E-state index is 0.118. The highest BCUT2D eigenvalue weighted by molar-refractivity contribution is 6.44. The SMILES string of the molecule is CC(C)CC(=O)C(=O)c1ccc(F)c(Cl)c1. The maximum absolute atomic E-state index is 12.8. The van der Waals surface area contributed by atoms with Gasteiger partial charge in [0.2, 0.25) is 11.6 Å². The first-order chi connectivity index (χ1) is 7.41. The number of Topliss-reactive ketones (excluding diaryl/α,β-unsaturated/α-hetero) is 2. The number of benzene rings is 1. The lowest BCUT2D eigenvalue weighted by molar-refractivity contribution is -0.115. The molecule has 0 aliphatic carbocycles. The standard InChI is InChI=1S/C12H12ClFO2/c1-7(2)5-11(15)12(16)8-3-4-10(14)9(13)6-8/h3-4,6-7H,5H2,1-2H3. The molecule has 0 aromatic heterocycles. The Balaban J connectivity index is 2.88. The quantitative estimate of drug-likeness (QED) is 0.600. The first-order valence-electron chi connectivity index (χ1n) is 4.94. The maximum Gasteiger partial charge on any atom is 0.228 e. The van der Waals surface area contributed by atoms with Crippen molar-refractivity contribution in [1.29, 1.82) is 0 Å². The summed E-state index contributed by atoms with van der Waals surface area (Å²) in [5.74, 6) is -1.57. The van der Waals surface area contributed by atoms with E-state index >= 15 is 0 Å². The molecule has 0 aliphatic rings. The molecular weight excluding hydrogens is 231 g/mol. The van der Waals surface area contributed by atoms with Crippen LogP contribution in [0.25, 0.3) is 0 Å². The molecule has 0 fully saturated rings. The summed E-state index contributed by atoms with van der Waals surface area (Å²) in [6, 6.07) is 3.53.